The third-order valence-corrected chi connectivity index (χ3v) is 5.28. The molecule has 2 N–H and O–H groups in total. The molecule has 1 aromatic carbocycles. The summed E-state index contributed by atoms with van der Waals surface area (Å²) in [5, 5.41) is 5.96. The summed E-state index contributed by atoms with van der Waals surface area (Å²) in [6.07, 6.45) is 3.91. The Balaban J connectivity index is 1.67. The normalized spacial score (nSPS) is 22.9. The van der Waals surface area contributed by atoms with Gasteiger partial charge in [-0.1, -0.05) is 38.8 Å². The van der Waals surface area contributed by atoms with Crippen LogP contribution in [0.5, 0.6) is 5.75 Å². The number of rotatable bonds is 7. The van der Waals surface area contributed by atoms with Crippen LogP contribution < -0.4 is 15.4 Å². The second-order valence-electron chi connectivity index (χ2n) is 7.07. The second-order valence-corrected chi connectivity index (χ2v) is 7.07. The number of nitrogens with one attached hydrogen (secondary N) is 2. The number of amides is 2. The predicted octanol–water partition coefficient (Wildman–Crippen LogP) is 3.03. The molecule has 0 aromatic heterocycles. The summed E-state index contributed by atoms with van der Waals surface area (Å²) in [6, 6.07) is 7.80. The summed E-state index contributed by atoms with van der Waals surface area (Å²) in [5.41, 5.74) is 1.00. The van der Waals surface area contributed by atoms with Gasteiger partial charge < -0.3 is 15.4 Å². The van der Waals surface area contributed by atoms with Gasteiger partial charge in [0.15, 0.2) is 0 Å². The van der Waals surface area contributed by atoms with Crippen LogP contribution in [0.25, 0.3) is 0 Å². The molecule has 2 amide bonds. The number of methoxy groups -OCH3 is 1. The summed E-state index contributed by atoms with van der Waals surface area (Å²) in [6.45, 7) is 4.91. The highest BCUT2D eigenvalue weighted by atomic mass is 16.5. The van der Waals surface area contributed by atoms with Crippen molar-refractivity contribution in [1.29, 1.82) is 0 Å². The quantitative estimate of drug-likeness (QED) is 0.797. The first-order chi connectivity index (χ1) is 12.0. The first-order valence-electron chi connectivity index (χ1n) is 9.18. The van der Waals surface area contributed by atoms with E-state index in [1.807, 2.05) is 24.3 Å². The van der Waals surface area contributed by atoms with Gasteiger partial charge in [0.25, 0.3) is 0 Å². The van der Waals surface area contributed by atoms with Crippen molar-refractivity contribution in [3.8, 4) is 5.75 Å². The molecule has 1 saturated carbocycles. The molecule has 1 aromatic rings. The average Bonchev–Trinajstić information content (AvgIpc) is 2.62. The smallest absolute Gasteiger partial charge is 0.220 e. The minimum absolute atomic E-state index is 0.0226. The molecule has 0 heterocycles. The molecule has 5 nitrogen and oxygen atoms in total. The molecule has 0 aliphatic heterocycles. The average molecular weight is 346 g/mol. The van der Waals surface area contributed by atoms with Gasteiger partial charge in [0.05, 0.1) is 7.11 Å². The van der Waals surface area contributed by atoms with Crippen LogP contribution in [0.15, 0.2) is 24.3 Å². The van der Waals surface area contributed by atoms with Gasteiger partial charge >= 0.3 is 0 Å². The van der Waals surface area contributed by atoms with Crippen molar-refractivity contribution >= 4 is 11.8 Å². The molecule has 1 aliphatic carbocycles. The lowest BCUT2D eigenvalue weighted by Gasteiger charge is -2.34. The molecule has 2 rings (SSSR count). The Labute approximate surface area is 150 Å². The van der Waals surface area contributed by atoms with E-state index in [1.54, 1.807) is 7.11 Å². The monoisotopic (exact) mass is 346 g/mol. The first-order valence-corrected chi connectivity index (χ1v) is 9.18. The largest absolute Gasteiger partial charge is 0.497 e. The van der Waals surface area contributed by atoms with Gasteiger partial charge in [-0.3, -0.25) is 9.59 Å². The lowest BCUT2D eigenvalue weighted by Crippen LogP contribution is -2.43. The zero-order chi connectivity index (χ0) is 18.2. The topological polar surface area (TPSA) is 67.4 Å². The summed E-state index contributed by atoms with van der Waals surface area (Å²) in [7, 11) is 1.62. The highest BCUT2D eigenvalue weighted by Gasteiger charge is 2.28. The van der Waals surface area contributed by atoms with E-state index in [1.165, 1.54) is 12.8 Å². The molecule has 138 valence electrons. The van der Waals surface area contributed by atoms with Crippen LogP contribution >= 0.6 is 0 Å². The Morgan fingerprint density at radius 2 is 1.76 bits per heavy atom. The van der Waals surface area contributed by atoms with Gasteiger partial charge in [-0.25, -0.2) is 0 Å². The van der Waals surface area contributed by atoms with E-state index in [9.17, 15) is 9.59 Å². The third-order valence-electron chi connectivity index (χ3n) is 5.28. The fourth-order valence-corrected chi connectivity index (χ4v) is 3.32. The molecule has 3 atom stereocenters. The SMILES string of the molecule is COc1ccc(CNC(=O)CCC(=O)N[C@@H]2CCC[C@H](C)[C@H]2C)cc1. The van der Waals surface area contributed by atoms with Crippen LogP contribution in [0, 0.1) is 11.8 Å². The van der Waals surface area contributed by atoms with Crippen molar-refractivity contribution in [2.45, 2.75) is 58.5 Å². The van der Waals surface area contributed by atoms with Crippen LogP contribution in [-0.2, 0) is 16.1 Å². The maximum absolute atomic E-state index is 12.1. The van der Waals surface area contributed by atoms with Gasteiger partial charge in [-0.2, -0.15) is 0 Å². The Morgan fingerprint density at radius 3 is 2.44 bits per heavy atom. The third kappa shape index (κ3) is 6.07. The fraction of sp³-hybridized carbons (Fsp3) is 0.600. The zero-order valence-electron chi connectivity index (χ0n) is 15.5. The number of hydrogen-bond donors (Lipinski definition) is 2. The first kappa shape index (κ1) is 19.3. The summed E-state index contributed by atoms with van der Waals surface area (Å²) in [5.74, 6) is 1.81. The van der Waals surface area contributed by atoms with Crippen molar-refractivity contribution in [3.05, 3.63) is 29.8 Å². The van der Waals surface area contributed by atoms with Crippen LogP contribution in [0.3, 0.4) is 0 Å². The Morgan fingerprint density at radius 1 is 1.08 bits per heavy atom. The molecule has 0 unspecified atom stereocenters. The van der Waals surface area contributed by atoms with E-state index in [-0.39, 0.29) is 30.7 Å². The maximum Gasteiger partial charge on any atom is 0.220 e. The highest BCUT2D eigenvalue weighted by molar-refractivity contribution is 5.83. The number of carbonyl (C=O) groups is 2. The van der Waals surface area contributed by atoms with Crippen molar-refractivity contribution in [2.24, 2.45) is 11.8 Å². The van der Waals surface area contributed by atoms with Crippen molar-refractivity contribution in [3.63, 3.8) is 0 Å². The molecule has 1 aliphatic rings. The van der Waals surface area contributed by atoms with Crippen molar-refractivity contribution in [2.75, 3.05) is 7.11 Å². The molecule has 25 heavy (non-hydrogen) atoms. The molecule has 0 bridgehead atoms. The van der Waals surface area contributed by atoms with Crippen LogP contribution in [0.4, 0.5) is 0 Å². The van der Waals surface area contributed by atoms with E-state index >= 15 is 0 Å². The Hall–Kier alpha value is -2.04. The molecule has 0 saturated heterocycles. The van der Waals surface area contributed by atoms with Gasteiger partial charge in [0.1, 0.15) is 5.75 Å². The molecule has 5 heteroatoms. The lowest BCUT2D eigenvalue weighted by atomic mass is 9.78. The highest BCUT2D eigenvalue weighted by Crippen LogP contribution is 2.29. The van der Waals surface area contributed by atoms with Gasteiger partial charge in [0, 0.05) is 25.4 Å². The zero-order valence-corrected chi connectivity index (χ0v) is 15.5. The number of ether oxygens (including phenoxy) is 1. The summed E-state index contributed by atoms with van der Waals surface area (Å²) in [4.78, 5) is 24.0. The van der Waals surface area contributed by atoms with E-state index < -0.39 is 0 Å². The number of carbonyl (C=O) groups excluding carboxylic acids is 2. The van der Waals surface area contributed by atoms with E-state index in [4.69, 9.17) is 4.74 Å². The second kappa shape index (κ2) is 9.44. The molecule has 0 radical (unpaired) electrons. The van der Waals surface area contributed by atoms with Gasteiger partial charge in [-0.15, -0.1) is 0 Å². The van der Waals surface area contributed by atoms with Crippen LogP contribution in [0.2, 0.25) is 0 Å². The van der Waals surface area contributed by atoms with Crippen LogP contribution in [0.1, 0.15) is 51.5 Å². The molecule has 1 fully saturated rings. The standard InChI is InChI=1S/C20H30N2O3/c1-14-5-4-6-18(15(14)2)22-20(24)12-11-19(23)21-13-16-7-9-17(25-3)10-8-16/h7-10,14-15,18H,4-6,11-13H2,1-3H3,(H,21,23)(H,22,24)/t14-,15+,18+/m0/s1. The lowest BCUT2D eigenvalue weighted by molar-refractivity contribution is -0.127. The van der Waals surface area contributed by atoms with E-state index in [2.05, 4.69) is 24.5 Å². The van der Waals surface area contributed by atoms with Crippen molar-refractivity contribution in [1.82, 2.24) is 10.6 Å². The number of benzene rings is 1. The summed E-state index contributed by atoms with van der Waals surface area (Å²) >= 11 is 0. The Kier molecular flexibility index (Phi) is 7.29. The van der Waals surface area contributed by atoms with E-state index in [0.29, 0.717) is 18.4 Å². The van der Waals surface area contributed by atoms with Gasteiger partial charge in [-0.05, 0) is 36.0 Å². The molecule has 0 spiro atoms. The maximum atomic E-state index is 12.1. The predicted molar refractivity (Wildman–Crippen MR) is 98.2 cm³/mol. The molecular formula is C20H30N2O3. The van der Waals surface area contributed by atoms with Crippen LogP contribution in [-0.4, -0.2) is 25.0 Å². The fourth-order valence-electron chi connectivity index (χ4n) is 3.32. The molecular weight excluding hydrogens is 316 g/mol. The minimum atomic E-state index is -0.101. The Bertz CT molecular complexity index is 571. The summed E-state index contributed by atoms with van der Waals surface area (Å²) < 4.78 is 5.10. The van der Waals surface area contributed by atoms with Gasteiger partial charge in [0.2, 0.25) is 11.8 Å². The number of hydrogen-bond acceptors (Lipinski definition) is 3. The minimum Gasteiger partial charge on any atom is -0.497 e. The van der Waals surface area contributed by atoms with Crippen molar-refractivity contribution < 1.29 is 14.3 Å². The van der Waals surface area contributed by atoms with E-state index in [0.717, 1.165) is 17.7 Å².